The summed E-state index contributed by atoms with van der Waals surface area (Å²) in [6.45, 7) is 10.2. The van der Waals surface area contributed by atoms with Gasteiger partial charge in [0.25, 0.3) is 10.0 Å². The molecular weight excluding hydrogens is 505 g/mol. The van der Waals surface area contributed by atoms with Crippen molar-refractivity contribution in [2.24, 2.45) is 10.8 Å². The Hall–Kier alpha value is -1.80. The maximum atomic E-state index is 13.4. The van der Waals surface area contributed by atoms with E-state index in [4.69, 9.17) is 11.6 Å². The molecule has 6 nitrogen and oxygen atoms in total. The first-order chi connectivity index (χ1) is 15.9. The fourth-order valence-corrected chi connectivity index (χ4v) is 8.11. The normalized spacial score (nSPS) is 23.4. The van der Waals surface area contributed by atoms with Gasteiger partial charge in [0, 0.05) is 24.8 Å². The summed E-state index contributed by atoms with van der Waals surface area (Å²) in [5.74, 6) is -0.143. The van der Waals surface area contributed by atoms with Gasteiger partial charge in [-0.1, -0.05) is 50.6 Å². The lowest BCUT2D eigenvalue weighted by atomic mass is 9.65. The third-order valence-corrected chi connectivity index (χ3v) is 9.37. The molecule has 1 aliphatic carbocycles. The van der Waals surface area contributed by atoms with Crippen molar-refractivity contribution in [1.82, 2.24) is 4.90 Å². The summed E-state index contributed by atoms with van der Waals surface area (Å²) in [6, 6.07) is 13.9. The van der Waals surface area contributed by atoms with E-state index >= 15 is 0 Å². The maximum absolute atomic E-state index is 13.4. The number of carbonyl (C=O) groups is 1. The van der Waals surface area contributed by atoms with Crippen LogP contribution in [0, 0.1) is 10.8 Å². The molecule has 1 saturated heterocycles. The predicted molar refractivity (Wildman–Crippen MR) is 145 cm³/mol. The maximum Gasteiger partial charge on any atom is 0.265 e. The van der Waals surface area contributed by atoms with E-state index in [1.807, 2.05) is 6.07 Å². The van der Waals surface area contributed by atoms with Crippen molar-refractivity contribution in [2.75, 3.05) is 29.3 Å². The van der Waals surface area contributed by atoms with Gasteiger partial charge >= 0.3 is 0 Å². The lowest BCUT2D eigenvalue weighted by Crippen LogP contribution is -2.38. The van der Waals surface area contributed by atoms with E-state index in [-0.39, 0.29) is 45.6 Å². The summed E-state index contributed by atoms with van der Waals surface area (Å²) < 4.78 is 28.2. The Morgan fingerprint density at radius 1 is 1.14 bits per heavy atom. The van der Waals surface area contributed by atoms with E-state index in [0.29, 0.717) is 24.0 Å². The van der Waals surface area contributed by atoms with Crippen LogP contribution in [-0.2, 0) is 14.8 Å². The highest BCUT2D eigenvalue weighted by atomic mass is 35.5. The van der Waals surface area contributed by atoms with Crippen molar-refractivity contribution >= 4 is 51.3 Å². The van der Waals surface area contributed by atoms with Crippen LogP contribution in [0.25, 0.3) is 0 Å². The zero-order valence-corrected chi connectivity index (χ0v) is 23.1. The Kier molecular flexibility index (Phi) is 8.17. The van der Waals surface area contributed by atoms with Gasteiger partial charge in [0.1, 0.15) is 4.90 Å². The van der Waals surface area contributed by atoms with Crippen molar-refractivity contribution in [2.45, 2.75) is 57.9 Å². The largest absolute Gasteiger partial charge is 0.325 e. The SMILES string of the molecule is CCN(c1ccccc1)S(=O)(=O)c1cc(NC(=O)CN2CC3(C)CC2CC(C)(C)C3)ccc1Cl.Cl. The van der Waals surface area contributed by atoms with Crippen molar-refractivity contribution in [3.05, 3.63) is 53.6 Å². The molecule has 9 heteroatoms. The van der Waals surface area contributed by atoms with E-state index < -0.39 is 10.0 Å². The number of carbonyl (C=O) groups excluding carboxylic acids is 1. The minimum Gasteiger partial charge on any atom is -0.325 e. The van der Waals surface area contributed by atoms with Crippen molar-refractivity contribution in [3.63, 3.8) is 0 Å². The van der Waals surface area contributed by atoms with E-state index in [1.54, 1.807) is 37.3 Å². The number of para-hydroxylation sites is 1. The first-order valence-electron chi connectivity index (χ1n) is 11.8. The molecule has 0 aromatic heterocycles. The number of nitrogens with one attached hydrogen (secondary N) is 1. The minimum absolute atomic E-state index is 0. The summed E-state index contributed by atoms with van der Waals surface area (Å²) >= 11 is 6.32. The number of sulfonamides is 1. The average Bonchev–Trinajstić information content (AvgIpc) is 2.97. The number of halogens is 2. The third kappa shape index (κ3) is 5.96. The van der Waals surface area contributed by atoms with Gasteiger partial charge in [-0.2, -0.15) is 0 Å². The molecule has 2 aromatic rings. The lowest BCUT2D eigenvalue weighted by molar-refractivity contribution is -0.117. The van der Waals surface area contributed by atoms with Gasteiger partial charge < -0.3 is 5.32 Å². The van der Waals surface area contributed by atoms with Gasteiger partial charge in [-0.05, 0) is 67.3 Å². The Balaban J connectivity index is 0.00000342. The van der Waals surface area contributed by atoms with Crippen LogP contribution in [0.3, 0.4) is 0 Å². The molecule has 2 fully saturated rings. The average molecular weight is 541 g/mol. The highest BCUT2D eigenvalue weighted by Gasteiger charge is 2.49. The number of benzene rings is 2. The monoisotopic (exact) mass is 539 g/mol. The summed E-state index contributed by atoms with van der Waals surface area (Å²) in [5, 5.41) is 3.02. The second-order valence-corrected chi connectivity index (χ2v) is 13.1. The summed E-state index contributed by atoms with van der Waals surface area (Å²) in [7, 11) is -3.91. The molecule has 0 radical (unpaired) electrons. The molecule has 1 amide bonds. The predicted octanol–water partition coefficient (Wildman–Crippen LogP) is 5.82. The van der Waals surface area contributed by atoms with Crippen LogP contribution in [0.2, 0.25) is 5.02 Å². The molecule has 0 spiro atoms. The number of nitrogens with zero attached hydrogens (tertiary/aromatic N) is 2. The molecule has 35 heavy (non-hydrogen) atoms. The zero-order valence-electron chi connectivity index (χ0n) is 20.8. The molecular formula is C26H35Cl2N3O3S. The molecule has 1 N–H and O–H groups in total. The van der Waals surface area contributed by atoms with Gasteiger partial charge in [0.15, 0.2) is 0 Å². The molecule has 2 aliphatic rings. The molecule has 2 unspecified atom stereocenters. The molecule has 1 saturated carbocycles. The highest BCUT2D eigenvalue weighted by molar-refractivity contribution is 7.93. The molecule has 2 aromatic carbocycles. The fourth-order valence-electron chi connectivity index (χ4n) is 6.13. The van der Waals surface area contributed by atoms with Crippen LogP contribution in [0.4, 0.5) is 11.4 Å². The van der Waals surface area contributed by atoms with Gasteiger partial charge in [-0.25, -0.2) is 8.42 Å². The van der Waals surface area contributed by atoms with Gasteiger partial charge in [0.2, 0.25) is 5.91 Å². The smallest absolute Gasteiger partial charge is 0.265 e. The van der Waals surface area contributed by atoms with Crippen LogP contribution in [0.1, 0.15) is 47.0 Å². The zero-order chi connectivity index (χ0) is 24.7. The number of fused-ring (bicyclic) bond motifs is 2. The van der Waals surface area contributed by atoms with Gasteiger partial charge in [-0.3, -0.25) is 14.0 Å². The van der Waals surface area contributed by atoms with E-state index in [9.17, 15) is 13.2 Å². The first kappa shape index (κ1) is 27.8. The Bertz CT molecular complexity index is 1170. The van der Waals surface area contributed by atoms with Crippen LogP contribution in [0.15, 0.2) is 53.4 Å². The quantitative estimate of drug-likeness (QED) is 0.481. The van der Waals surface area contributed by atoms with Gasteiger partial charge in [0.05, 0.1) is 17.3 Å². The summed E-state index contributed by atoms with van der Waals surface area (Å²) in [5.41, 5.74) is 1.51. The molecule has 1 aliphatic heterocycles. The van der Waals surface area contributed by atoms with Gasteiger partial charge in [-0.15, -0.1) is 12.4 Å². The topological polar surface area (TPSA) is 69.7 Å². The first-order valence-corrected chi connectivity index (χ1v) is 13.7. The second-order valence-electron chi connectivity index (χ2n) is 10.8. The van der Waals surface area contributed by atoms with E-state index in [1.165, 1.54) is 22.9 Å². The van der Waals surface area contributed by atoms with Crippen molar-refractivity contribution in [3.8, 4) is 0 Å². The molecule has 192 valence electrons. The number of hydrogen-bond donors (Lipinski definition) is 1. The van der Waals surface area contributed by atoms with Crippen LogP contribution in [-0.4, -0.2) is 44.9 Å². The summed E-state index contributed by atoms with van der Waals surface area (Å²) in [4.78, 5) is 15.2. The molecule has 4 rings (SSSR count). The molecule has 1 heterocycles. The molecule has 2 atom stereocenters. The number of hydrogen-bond acceptors (Lipinski definition) is 4. The highest BCUT2D eigenvalue weighted by Crippen LogP contribution is 2.52. The standard InChI is InChI=1S/C26H34ClN3O3S.ClH/c1-5-30(20-9-7-6-8-10-20)34(32,33)23-13-19(11-12-22(23)27)28-24(31)16-29-18-26(4)15-21(29)14-25(2,3)17-26;/h6-13,21H,5,14-18H2,1-4H3,(H,28,31);1H. The van der Waals surface area contributed by atoms with Crippen LogP contribution >= 0.6 is 24.0 Å². The third-order valence-electron chi connectivity index (χ3n) is 6.98. The van der Waals surface area contributed by atoms with Crippen LogP contribution < -0.4 is 9.62 Å². The Labute approximate surface area is 220 Å². The van der Waals surface area contributed by atoms with Crippen molar-refractivity contribution < 1.29 is 13.2 Å². The number of amides is 1. The number of likely N-dealkylation sites (tertiary alicyclic amines) is 1. The lowest BCUT2D eigenvalue weighted by Gasteiger charge is -2.39. The second kappa shape index (κ2) is 10.3. The Morgan fingerprint density at radius 2 is 1.83 bits per heavy atom. The number of anilines is 2. The molecule has 2 bridgehead atoms. The number of rotatable bonds is 7. The van der Waals surface area contributed by atoms with Crippen molar-refractivity contribution in [1.29, 1.82) is 0 Å². The fraction of sp³-hybridized carbons (Fsp3) is 0.500. The van der Waals surface area contributed by atoms with Crippen LogP contribution in [0.5, 0.6) is 0 Å². The summed E-state index contributed by atoms with van der Waals surface area (Å²) in [6.07, 6.45) is 3.38. The Morgan fingerprint density at radius 3 is 2.49 bits per heavy atom. The minimum atomic E-state index is -3.91. The van der Waals surface area contributed by atoms with E-state index in [0.717, 1.165) is 19.4 Å². The van der Waals surface area contributed by atoms with E-state index in [2.05, 4.69) is 31.0 Å².